The topological polar surface area (TPSA) is 122 Å². The molecule has 0 aliphatic rings. The SMILES string of the molecule is CCc1nc(C(CC)C(=O)O)nn1Cc1ccc(-c2ccccc2-c2nn[nH]n2)cc1. The second-order valence-electron chi connectivity index (χ2n) is 7.17. The summed E-state index contributed by atoms with van der Waals surface area (Å²) in [5.74, 6) is 0.118. The minimum absolute atomic E-state index is 0.373. The van der Waals surface area contributed by atoms with Crippen molar-refractivity contribution in [3.8, 4) is 22.5 Å². The van der Waals surface area contributed by atoms with E-state index in [2.05, 4.69) is 30.7 Å². The molecule has 2 heterocycles. The maximum atomic E-state index is 11.5. The average molecular weight is 417 g/mol. The van der Waals surface area contributed by atoms with Gasteiger partial charge in [0.15, 0.2) is 5.82 Å². The van der Waals surface area contributed by atoms with E-state index in [-0.39, 0.29) is 0 Å². The zero-order valence-corrected chi connectivity index (χ0v) is 17.4. The first kappa shape index (κ1) is 20.4. The molecular weight excluding hydrogens is 394 g/mol. The number of benzene rings is 2. The predicted molar refractivity (Wildman–Crippen MR) is 114 cm³/mol. The van der Waals surface area contributed by atoms with Gasteiger partial charge in [-0.25, -0.2) is 9.67 Å². The van der Waals surface area contributed by atoms with Gasteiger partial charge in [0.1, 0.15) is 11.7 Å². The molecule has 0 saturated heterocycles. The molecule has 1 atom stereocenters. The zero-order chi connectivity index (χ0) is 21.8. The van der Waals surface area contributed by atoms with E-state index >= 15 is 0 Å². The highest BCUT2D eigenvalue weighted by molar-refractivity contribution is 5.80. The van der Waals surface area contributed by atoms with Gasteiger partial charge in [-0.15, -0.1) is 10.2 Å². The fourth-order valence-corrected chi connectivity index (χ4v) is 3.57. The van der Waals surface area contributed by atoms with Gasteiger partial charge in [-0.05, 0) is 28.3 Å². The van der Waals surface area contributed by atoms with Crippen LogP contribution in [0.2, 0.25) is 0 Å². The lowest BCUT2D eigenvalue weighted by molar-refractivity contribution is -0.139. The molecule has 0 bridgehead atoms. The summed E-state index contributed by atoms with van der Waals surface area (Å²) in [6.45, 7) is 4.35. The van der Waals surface area contributed by atoms with Gasteiger partial charge in [-0.3, -0.25) is 4.79 Å². The molecule has 9 heteroatoms. The second kappa shape index (κ2) is 8.86. The Balaban J connectivity index is 1.60. The van der Waals surface area contributed by atoms with Crippen LogP contribution >= 0.6 is 0 Å². The number of tetrazole rings is 1. The minimum atomic E-state index is -0.896. The summed E-state index contributed by atoms with van der Waals surface area (Å²) in [6.07, 6.45) is 1.14. The average Bonchev–Trinajstić information content (AvgIpc) is 3.45. The number of nitrogens with one attached hydrogen (secondary N) is 1. The molecule has 2 aromatic carbocycles. The van der Waals surface area contributed by atoms with E-state index in [1.807, 2.05) is 62.4 Å². The Bertz CT molecular complexity index is 1170. The number of aromatic nitrogens is 7. The first-order valence-corrected chi connectivity index (χ1v) is 10.2. The number of rotatable bonds is 8. The van der Waals surface area contributed by atoms with E-state index in [0.29, 0.717) is 31.0 Å². The van der Waals surface area contributed by atoms with Crippen LogP contribution < -0.4 is 0 Å². The van der Waals surface area contributed by atoms with Gasteiger partial charge < -0.3 is 5.11 Å². The quantitative estimate of drug-likeness (QED) is 0.451. The highest BCUT2D eigenvalue weighted by atomic mass is 16.4. The molecular formula is C22H23N7O2. The van der Waals surface area contributed by atoms with Crippen molar-refractivity contribution in [2.24, 2.45) is 0 Å². The van der Waals surface area contributed by atoms with Crippen LogP contribution in [0.25, 0.3) is 22.5 Å². The van der Waals surface area contributed by atoms with Crippen molar-refractivity contribution in [3.63, 3.8) is 0 Å². The number of carboxylic acid groups (broad SMARTS) is 1. The molecule has 0 aliphatic heterocycles. The van der Waals surface area contributed by atoms with E-state index in [1.54, 1.807) is 4.68 Å². The maximum absolute atomic E-state index is 11.5. The van der Waals surface area contributed by atoms with E-state index in [4.69, 9.17) is 0 Å². The first-order chi connectivity index (χ1) is 15.1. The van der Waals surface area contributed by atoms with Crippen molar-refractivity contribution in [1.29, 1.82) is 0 Å². The molecule has 2 N–H and O–H groups in total. The summed E-state index contributed by atoms with van der Waals surface area (Å²) in [5, 5.41) is 28.2. The molecule has 4 aromatic rings. The molecule has 0 amide bonds. The van der Waals surface area contributed by atoms with Gasteiger partial charge in [0.2, 0.25) is 5.82 Å². The van der Waals surface area contributed by atoms with E-state index in [0.717, 1.165) is 28.1 Å². The van der Waals surface area contributed by atoms with E-state index in [1.165, 1.54) is 0 Å². The van der Waals surface area contributed by atoms with Gasteiger partial charge in [0.05, 0.1) is 6.54 Å². The molecule has 31 heavy (non-hydrogen) atoms. The molecule has 0 radical (unpaired) electrons. The molecule has 2 aromatic heterocycles. The number of H-pyrrole nitrogens is 1. The van der Waals surface area contributed by atoms with Crippen LogP contribution in [0.1, 0.15) is 43.4 Å². The third-order valence-electron chi connectivity index (χ3n) is 5.21. The Morgan fingerprint density at radius 3 is 2.45 bits per heavy atom. The van der Waals surface area contributed by atoms with Crippen LogP contribution in [0.5, 0.6) is 0 Å². The second-order valence-corrected chi connectivity index (χ2v) is 7.17. The number of aryl methyl sites for hydroxylation is 1. The predicted octanol–water partition coefficient (Wildman–Crippen LogP) is 3.31. The van der Waals surface area contributed by atoms with Gasteiger partial charge >= 0.3 is 5.97 Å². The lowest BCUT2D eigenvalue weighted by atomic mass is 9.98. The van der Waals surface area contributed by atoms with Crippen LogP contribution in [0.4, 0.5) is 0 Å². The van der Waals surface area contributed by atoms with Crippen molar-refractivity contribution < 1.29 is 9.90 Å². The molecule has 0 aliphatic carbocycles. The largest absolute Gasteiger partial charge is 0.481 e. The maximum Gasteiger partial charge on any atom is 0.314 e. The van der Waals surface area contributed by atoms with Crippen molar-refractivity contribution in [2.75, 3.05) is 0 Å². The summed E-state index contributed by atoms with van der Waals surface area (Å²) < 4.78 is 1.79. The van der Waals surface area contributed by atoms with Gasteiger partial charge in [-0.1, -0.05) is 62.4 Å². The van der Waals surface area contributed by atoms with E-state index in [9.17, 15) is 9.90 Å². The van der Waals surface area contributed by atoms with Crippen LogP contribution in [0.15, 0.2) is 48.5 Å². The molecule has 0 fully saturated rings. The van der Waals surface area contributed by atoms with Crippen LogP contribution in [0, 0.1) is 0 Å². The van der Waals surface area contributed by atoms with Crippen molar-refractivity contribution in [3.05, 3.63) is 65.7 Å². The Kier molecular flexibility index (Phi) is 5.83. The summed E-state index contributed by atoms with van der Waals surface area (Å²) >= 11 is 0. The Hall–Kier alpha value is -3.88. The van der Waals surface area contributed by atoms with Gasteiger partial charge in [0, 0.05) is 12.0 Å². The standard InChI is InChI=1S/C22H23N7O2/c1-3-16(22(30)31)20-23-19(4-2)29(26-20)13-14-9-11-15(12-10-14)17-7-5-6-8-18(17)21-24-27-28-25-21/h5-12,16H,3-4,13H2,1-2H3,(H,30,31)(H,24,25,27,28). The summed E-state index contributed by atoms with van der Waals surface area (Å²) in [7, 11) is 0. The smallest absolute Gasteiger partial charge is 0.314 e. The van der Waals surface area contributed by atoms with E-state index < -0.39 is 11.9 Å². The first-order valence-electron chi connectivity index (χ1n) is 10.2. The number of aliphatic carboxylic acids is 1. The third kappa shape index (κ3) is 4.20. The lowest BCUT2D eigenvalue weighted by Gasteiger charge is -2.09. The fourth-order valence-electron chi connectivity index (χ4n) is 3.57. The molecule has 1 unspecified atom stereocenters. The van der Waals surface area contributed by atoms with Crippen molar-refractivity contribution in [2.45, 2.75) is 39.2 Å². The Morgan fingerprint density at radius 2 is 1.84 bits per heavy atom. The van der Waals surface area contributed by atoms with Crippen molar-refractivity contribution >= 4 is 5.97 Å². The molecule has 0 saturated carbocycles. The number of carboxylic acids is 1. The molecule has 0 spiro atoms. The number of hydrogen-bond donors (Lipinski definition) is 2. The Morgan fingerprint density at radius 1 is 1.10 bits per heavy atom. The third-order valence-corrected chi connectivity index (χ3v) is 5.21. The number of carbonyl (C=O) groups is 1. The minimum Gasteiger partial charge on any atom is -0.481 e. The zero-order valence-electron chi connectivity index (χ0n) is 17.4. The molecule has 9 nitrogen and oxygen atoms in total. The molecule has 4 rings (SSSR count). The highest BCUT2D eigenvalue weighted by Crippen LogP contribution is 2.29. The highest BCUT2D eigenvalue weighted by Gasteiger charge is 2.23. The monoisotopic (exact) mass is 417 g/mol. The van der Waals surface area contributed by atoms with Gasteiger partial charge in [0.25, 0.3) is 0 Å². The van der Waals surface area contributed by atoms with Crippen molar-refractivity contribution in [1.82, 2.24) is 35.4 Å². The Labute approximate surface area is 179 Å². The fraction of sp³-hybridized carbons (Fsp3) is 0.273. The number of hydrogen-bond acceptors (Lipinski definition) is 6. The molecule has 158 valence electrons. The summed E-state index contributed by atoms with van der Waals surface area (Å²) in [5.41, 5.74) is 4.00. The number of aromatic amines is 1. The normalized spacial score (nSPS) is 12.1. The van der Waals surface area contributed by atoms with Crippen LogP contribution in [-0.4, -0.2) is 46.5 Å². The number of nitrogens with zero attached hydrogens (tertiary/aromatic N) is 6. The summed E-state index contributed by atoms with van der Waals surface area (Å²) in [4.78, 5) is 15.9. The van der Waals surface area contributed by atoms with Crippen LogP contribution in [0.3, 0.4) is 0 Å². The summed E-state index contributed by atoms with van der Waals surface area (Å²) in [6, 6.07) is 16.1. The van der Waals surface area contributed by atoms with Gasteiger partial charge in [-0.2, -0.15) is 10.3 Å². The lowest BCUT2D eigenvalue weighted by Crippen LogP contribution is -2.13. The van der Waals surface area contributed by atoms with Crippen LogP contribution in [-0.2, 0) is 17.8 Å².